The molecule has 0 amide bonds. The lowest BCUT2D eigenvalue weighted by Crippen LogP contribution is -2.13. The molecule has 26 heavy (non-hydrogen) atoms. The van der Waals surface area contributed by atoms with Gasteiger partial charge in [0, 0.05) is 11.8 Å². The molecule has 1 aliphatic carbocycles. The topological polar surface area (TPSA) is 12.9 Å². The average molecular weight is 354 g/mol. The number of hydrogen-bond donors (Lipinski definition) is 0. The first-order chi connectivity index (χ1) is 12.7. The second kappa shape index (κ2) is 9.30. The minimum Gasteiger partial charge on any atom is -0.256 e. The number of halogens is 1. The van der Waals surface area contributed by atoms with Crippen LogP contribution >= 0.6 is 0 Å². The Morgan fingerprint density at radius 1 is 1.00 bits per heavy atom. The van der Waals surface area contributed by atoms with Gasteiger partial charge in [0.25, 0.3) is 0 Å². The Kier molecular flexibility index (Phi) is 6.82. The van der Waals surface area contributed by atoms with Gasteiger partial charge in [0.1, 0.15) is 5.82 Å². The Bertz CT molecular complexity index is 684. The summed E-state index contributed by atoms with van der Waals surface area (Å²) in [6.07, 6.45) is 12.9. The Hall–Kier alpha value is -1.70. The number of aryl methyl sites for hydroxylation is 1. The van der Waals surface area contributed by atoms with Gasteiger partial charge in [-0.05, 0) is 79.7 Å². The maximum atomic E-state index is 14.8. The fraction of sp³-hybridized carbons (Fsp3) is 0.542. The molecule has 0 unspecified atom stereocenters. The van der Waals surface area contributed by atoms with E-state index in [0.717, 1.165) is 18.0 Å². The summed E-state index contributed by atoms with van der Waals surface area (Å²) in [5.74, 6) is 1.28. The number of unbranched alkanes of at least 4 members (excludes halogenated alkanes) is 1. The molecular formula is C24H32FN. The van der Waals surface area contributed by atoms with Gasteiger partial charge in [0.2, 0.25) is 0 Å². The fourth-order valence-electron chi connectivity index (χ4n) is 4.30. The van der Waals surface area contributed by atoms with E-state index in [4.69, 9.17) is 0 Å². The zero-order valence-electron chi connectivity index (χ0n) is 16.3. The Morgan fingerprint density at radius 2 is 1.81 bits per heavy atom. The number of rotatable bonds is 7. The molecule has 0 saturated heterocycles. The van der Waals surface area contributed by atoms with Crippen molar-refractivity contribution in [3.05, 3.63) is 53.5 Å². The van der Waals surface area contributed by atoms with E-state index in [1.807, 2.05) is 18.3 Å². The lowest BCUT2D eigenvalue weighted by Gasteiger charge is -2.28. The quantitative estimate of drug-likeness (QED) is 0.508. The number of benzene rings is 1. The van der Waals surface area contributed by atoms with Gasteiger partial charge in [0.15, 0.2) is 0 Å². The minimum atomic E-state index is -0.132. The van der Waals surface area contributed by atoms with Crippen molar-refractivity contribution in [3.63, 3.8) is 0 Å². The van der Waals surface area contributed by atoms with E-state index in [2.05, 4.69) is 31.0 Å². The van der Waals surface area contributed by atoms with E-state index < -0.39 is 0 Å². The standard InChI is InChI=1S/C24H32FN/c1-3-5-7-19-10-15-24(26-17-19)22-14-13-21(16-23(22)25)20-11-8-18(6-4-2)9-12-20/h10,13-18,20H,3-9,11-12H2,1-2H3/t18-,20-. The summed E-state index contributed by atoms with van der Waals surface area (Å²) in [6.45, 7) is 4.46. The number of nitrogens with zero attached hydrogens (tertiary/aromatic N) is 1. The lowest BCUT2D eigenvalue weighted by atomic mass is 9.77. The highest BCUT2D eigenvalue weighted by molar-refractivity contribution is 5.60. The average Bonchev–Trinajstić information content (AvgIpc) is 2.68. The maximum absolute atomic E-state index is 14.8. The molecule has 1 fully saturated rings. The number of hydrogen-bond acceptors (Lipinski definition) is 1. The monoisotopic (exact) mass is 353 g/mol. The SMILES string of the molecule is CCCCc1ccc(-c2ccc([C@H]3CC[C@H](CCC)CC3)cc2F)nc1. The van der Waals surface area contributed by atoms with Crippen LogP contribution in [0.15, 0.2) is 36.5 Å². The lowest BCUT2D eigenvalue weighted by molar-refractivity contribution is 0.308. The van der Waals surface area contributed by atoms with Crippen LogP contribution in [0, 0.1) is 11.7 Å². The maximum Gasteiger partial charge on any atom is 0.132 e. The molecule has 1 aromatic carbocycles. The molecule has 1 heterocycles. The predicted octanol–water partition coefficient (Wildman–Crippen LogP) is 7.30. The summed E-state index contributed by atoms with van der Waals surface area (Å²) in [5, 5.41) is 0. The van der Waals surface area contributed by atoms with Crippen molar-refractivity contribution >= 4 is 0 Å². The molecule has 0 radical (unpaired) electrons. The van der Waals surface area contributed by atoms with Crippen LogP contribution in [0.1, 0.15) is 82.3 Å². The van der Waals surface area contributed by atoms with Gasteiger partial charge in [-0.1, -0.05) is 45.2 Å². The molecule has 3 rings (SSSR count). The first-order valence-corrected chi connectivity index (χ1v) is 10.5. The van der Waals surface area contributed by atoms with Crippen LogP contribution < -0.4 is 0 Å². The predicted molar refractivity (Wildman–Crippen MR) is 108 cm³/mol. The fourth-order valence-corrected chi connectivity index (χ4v) is 4.30. The van der Waals surface area contributed by atoms with Crippen molar-refractivity contribution in [1.82, 2.24) is 4.98 Å². The molecule has 0 N–H and O–H groups in total. The molecular weight excluding hydrogens is 321 g/mol. The molecule has 1 aromatic heterocycles. The third kappa shape index (κ3) is 4.72. The van der Waals surface area contributed by atoms with E-state index >= 15 is 0 Å². The Balaban J connectivity index is 1.68. The Morgan fingerprint density at radius 3 is 2.42 bits per heavy atom. The van der Waals surface area contributed by atoms with Crippen molar-refractivity contribution in [3.8, 4) is 11.3 Å². The van der Waals surface area contributed by atoms with Gasteiger partial charge < -0.3 is 0 Å². The molecule has 1 aliphatic rings. The molecule has 2 heteroatoms. The van der Waals surface area contributed by atoms with Gasteiger partial charge in [-0.3, -0.25) is 4.98 Å². The summed E-state index contributed by atoms with van der Waals surface area (Å²) in [7, 11) is 0. The molecule has 0 spiro atoms. The van der Waals surface area contributed by atoms with Crippen molar-refractivity contribution < 1.29 is 4.39 Å². The van der Waals surface area contributed by atoms with Gasteiger partial charge in [0.05, 0.1) is 5.69 Å². The second-order valence-electron chi connectivity index (χ2n) is 7.90. The molecule has 1 saturated carbocycles. The molecule has 0 bridgehead atoms. The zero-order valence-corrected chi connectivity index (χ0v) is 16.3. The first-order valence-electron chi connectivity index (χ1n) is 10.5. The summed E-state index contributed by atoms with van der Waals surface area (Å²) in [5.41, 5.74) is 3.76. The summed E-state index contributed by atoms with van der Waals surface area (Å²) < 4.78 is 14.8. The van der Waals surface area contributed by atoms with Crippen LogP contribution in [0.2, 0.25) is 0 Å². The largest absolute Gasteiger partial charge is 0.256 e. The first kappa shape index (κ1) is 19.1. The van der Waals surface area contributed by atoms with Crippen molar-refractivity contribution in [2.24, 2.45) is 5.92 Å². The summed E-state index contributed by atoms with van der Waals surface area (Å²) in [6, 6.07) is 9.85. The van der Waals surface area contributed by atoms with Gasteiger partial charge in [-0.25, -0.2) is 4.39 Å². The highest BCUT2D eigenvalue weighted by Crippen LogP contribution is 2.38. The third-order valence-corrected chi connectivity index (χ3v) is 5.93. The minimum absolute atomic E-state index is 0.132. The van der Waals surface area contributed by atoms with Crippen molar-refractivity contribution in [2.75, 3.05) is 0 Å². The van der Waals surface area contributed by atoms with Crippen molar-refractivity contribution in [2.45, 2.75) is 77.6 Å². The van der Waals surface area contributed by atoms with Crippen molar-refractivity contribution in [1.29, 1.82) is 0 Å². The summed E-state index contributed by atoms with van der Waals surface area (Å²) >= 11 is 0. The van der Waals surface area contributed by atoms with E-state index in [0.29, 0.717) is 11.5 Å². The smallest absolute Gasteiger partial charge is 0.132 e. The van der Waals surface area contributed by atoms with E-state index in [9.17, 15) is 4.39 Å². The van der Waals surface area contributed by atoms with E-state index in [-0.39, 0.29) is 5.82 Å². The number of aromatic nitrogens is 1. The number of pyridine rings is 1. The molecule has 0 atom stereocenters. The van der Waals surface area contributed by atoms with Crippen LogP contribution in [-0.2, 0) is 6.42 Å². The van der Waals surface area contributed by atoms with Gasteiger partial charge in [-0.2, -0.15) is 0 Å². The van der Waals surface area contributed by atoms with Gasteiger partial charge in [-0.15, -0.1) is 0 Å². The third-order valence-electron chi connectivity index (χ3n) is 5.93. The van der Waals surface area contributed by atoms with Crippen LogP contribution in [0.5, 0.6) is 0 Å². The summed E-state index contributed by atoms with van der Waals surface area (Å²) in [4.78, 5) is 4.50. The molecule has 1 nitrogen and oxygen atoms in total. The molecule has 140 valence electrons. The van der Waals surface area contributed by atoms with Crippen LogP contribution in [-0.4, -0.2) is 4.98 Å². The highest BCUT2D eigenvalue weighted by atomic mass is 19.1. The van der Waals surface area contributed by atoms with Gasteiger partial charge >= 0.3 is 0 Å². The zero-order chi connectivity index (χ0) is 18.4. The molecule has 0 aliphatic heterocycles. The highest BCUT2D eigenvalue weighted by Gasteiger charge is 2.22. The molecule has 2 aromatic rings. The van der Waals surface area contributed by atoms with Crippen LogP contribution in [0.4, 0.5) is 4.39 Å². The second-order valence-corrected chi connectivity index (χ2v) is 7.90. The van der Waals surface area contributed by atoms with E-state index in [1.165, 1.54) is 62.5 Å². The van der Waals surface area contributed by atoms with Crippen LogP contribution in [0.25, 0.3) is 11.3 Å². The normalized spacial score (nSPS) is 20.3. The van der Waals surface area contributed by atoms with E-state index in [1.54, 1.807) is 6.07 Å². The Labute approximate surface area is 158 Å². The van der Waals surface area contributed by atoms with Crippen LogP contribution in [0.3, 0.4) is 0 Å².